The van der Waals surface area contributed by atoms with Crippen molar-refractivity contribution in [1.29, 1.82) is 0 Å². The Balaban J connectivity index is 1.58. The fourth-order valence-corrected chi connectivity index (χ4v) is 4.04. The van der Waals surface area contributed by atoms with E-state index < -0.39 is 5.91 Å². The first kappa shape index (κ1) is 19.1. The van der Waals surface area contributed by atoms with Crippen LogP contribution >= 0.6 is 11.3 Å². The van der Waals surface area contributed by atoms with Crippen LogP contribution < -0.4 is 10.9 Å². The van der Waals surface area contributed by atoms with Crippen LogP contribution in [0.2, 0.25) is 0 Å². The molecule has 1 aromatic carbocycles. The average molecular weight is 407 g/mol. The standard InChI is InChI=1S/C21H21N5O2S/c1-2-3-11-26-18(9-10-23-26)24-19(27)17-13-22-21-25(20(17)28)14-16(29-21)12-15-7-5-4-6-8-15/h4-10,13-14H,2-3,11-12H2,1H3,(H,24,27). The molecule has 0 aliphatic rings. The lowest BCUT2D eigenvalue weighted by atomic mass is 10.1. The fourth-order valence-electron chi connectivity index (χ4n) is 3.07. The Morgan fingerprint density at radius 2 is 2.03 bits per heavy atom. The van der Waals surface area contributed by atoms with Crippen LogP contribution in [0.3, 0.4) is 0 Å². The monoisotopic (exact) mass is 407 g/mol. The second-order valence-corrected chi connectivity index (χ2v) is 7.83. The molecule has 29 heavy (non-hydrogen) atoms. The topological polar surface area (TPSA) is 81.3 Å². The van der Waals surface area contributed by atoms with E-state index in [-0.39, 0.29) is 11.1 Å². The van der Waals surface area contributed by atoms with E-state index in [0.29, 0.717) is 23.7 Å². The third-order valence-corrected chi connectivity index (χ3v) is 5.60. The number of carbonyl (C=O) groups excluding carboxylic acids is 1. The molecule has 0 saturated heterocycles. The molecule has 8 heteroatoms. The van der Waals surface area contributed by atoms with Crippen LogP contribution in [-0.4, -0.2) is 25.1 Å². The van der Waals surface area contributed by atoms with Crippen LogP contribution in [0.4, 0.5) is 5.82 Å². The summed E-state index contributed by atoms with van der Waals surface area (Å²) in [6.07, 6.45) is 7.45. The minimum absolute atomic E-state index is 0.00908. The number of aromatic nitrogens is 4. The maximum atomic E-state index is 12.9. The lowest BCUT2D eigenvalue weighted by Crippen LogP contribution is -2.26. The van der Waals surface area contributed by atoms with Crippen molar-refractivity contribution in [3.8, 4) is 0 Å². The zero-order chi connectivity index (χ0) is 20.2. The second kappa shape index (κ2) is 8.40. The predicted octanol–water partition coefficient (Wildman–Crippen LogP) is 3.60. The highest BCUT2D eigenvalue weighted by molar-refractivity contribution is 7.17. The largest absolute Gasteiger partial charge is 0.307 e. The molecule has 0 saturated carbocycles. The van der Waals surface area contributed by atoms with E-state index in [1.165, 1.54) is 21.9 Å². The second-order valence-electron chi connectivity index (χ2n) is 6.74. The van der Waals surface area contributed by atoms with Crippen molar-refractivity contribution in [3.63, 3.8) is 0 Å². The quantitative estimate of drug-likeness (QED) is 0.508. The zero-order valence-corrected chi connectivity index (χ0v) is 16.9. The first-order valence-electron chi connectivity index (χ1n) is 9.53. The molecule has 0 aliphatic carbocycles. The number of thiazole rings is 1. The molecule has 0 spiro atoms. The summed E-state index contributed by atoms with van der Waals surface area (Å²) < 4.78 is 3.18. The van der Waals surface area contributed by atoms with E-state index in [2.05, 4.69) is 22.3 Å². The molecule has 0 bridgehead atoms. The molecule has 7 nitrogen and oxygen atoms in total. The van der Waals surface area contributed by atoms with Crippen LogP contribution in [0.15, 0.2) is 59.8 Å². The number of nitrogens with zero attached hydrogens (tertiary/aromatic N) is 4. The highest BCUT2D eigenvalue weighted by Crippen LogP contribution is 2.18. The third kappa shape index (κ3) is 4.12. The normalized spacial score (nSPS) is 11.1. The number of hydrogen-bond donors (Lipinski definition) is 1. The van der Waals surface area contributed by atoms with E-state index in [1.54, 1.807) is 23.1 Å². The van der Waals surface area contributed by atoms with E-state index in [1.807, 2.05) is 30.3 Å². The summed E-state index contributed by atoms with van der Waals surface area (Å²) in [4.78, 5) is 31.5. The van der Waals surface area contributed by atoms with Crippen molar-refractivity contribution < 1.29 is 4.79 Å². The van der Waals surface area contributed by atoms with Gasteiger partial charge in [-0.1, -0.05) is 43.7 Å². The van der Waals surface area contributed by atoms with Gasteiger partial charge in [-0.05, 0) is 12.0 Å². The van der Waals surface area contributed by atoms with E-state index >= 15 is 0 Å². The molecule has 1 N–H and O–H groups in total. The highest BCUT2D eigenvalue weighted by atomic mass is 32.1. The number of anilines is 1. The molecule has 0 aliphatic heterocycles. The molecule has 0 unspecified atom stereocenters. The molecule has 0 radical (unpaired) electrons. The molecule has 3 heterocycles. The summed E-state index contributed by atoms with van der Waals surface area (Å²) in [5.74, 6) is 0.0917. The number of nitrogens with one attached hydrogen (secondary N) is 1. The number of aryl methyl sites for hydroxylation is 1. The summed E-state index contributed by atoms with van der Waals surface area (Å²) in [5, 5.41) is 7.00. The minimum atomic E-state index is -0.481. The van der Waals surface area contributed by atoms with Gasteiger partial charge in [0, 0.05) is 36.3 Å². The number of rotatable bonds is 7. The molecule has 4 aromatic rings. The van der Waals surface area contributed by atoms with Gasteiger partial charge in [-0.3, -0.25) is 14.0 Å². The fraction of sp³-hybridized carbons (Fsp3) is 0.238. The van der Waals surface area contributed by atoms with Gasteiger partial charge in [-0.25, -0.2) is 9.67 Å². The summed E-state index contributed by atoms with van der Waals surface area (Å²) >= 11 is 1.45. The molecule has 0 atom stereocenters. The highest BCUT2D eigenvalue weighted by Gasteiger charge is 2.17. The molecule has 0 fully saturated rings. The van der Waals surface area contributed by atoms with E-state index in [4.69, 9.17) is 0 Å². The number of unbranched alkanes of at least 4 members (excludes halogenated alkanes) is 1. The Labute approximate surface area is 171 Å². The summed E-state index contributed by atoms with van der Waals surface area (Å²) in [6, 6.07) is 11.8. The Kier molecular flexibility index (Phi) is 5.53. The zero-order valence-electron chi connectivity index (χ0n) is 16.0. The van der Waals surface area contributed by atoms with Gasteiger partial charge in [0.15, 0.2) is 4.96 Å². The Morgan fingerprint density at radius 3 is 2.83 bits per heavy atom. The van der Waals surface area contributed by atoms with Gasteiger partial charge >= 0.3 is 0 Å². The number of amides is 1. The summed E-state index contributed by atoms with van der Waals surface area (Å²) in [5.41, 5.74) is 0.794. The van der Waals surface area contributed by atoms with E-state index in [0.717, 1.165) is 23.3 Å². The van der Waals surface area contributed by atoms with Crippen molar-refractivity contribution in [2.24, 2.45) is 0 Å². The Bertz CT molecular complexity index is 1190. The Hall–Kier alpha value is -3.26. The number of carbonyl (C=O) groups is 1. The van der Waals surface area contributed by atoms with Crippen LogP contribution in [0.5, 0.6) is 0 Å². The smallest absolute Gasteiger partial charge is 0.271 e. The average Bonchev–Trinajstić information content (AvgIpc) is 3.34. The first-order valence-corrected chi connectivity index (χ1v) is 10.3. The maximum Gasteiger partial charge on any atom is 0.271 e. The molecule has 1 amide bonds. The van der Waals surface area contributed by atoms with Crippen LogP contribution in [0, 0.1) is 0 Å². The molecule has 148 valence electrons. The molecule has 4 rings (SSSR count). The number of fused-ring (bicyclic) bond motifs is 1. The first-order chi connectivity index (χ1) is 14.2. The maximum absolute atomic E-state index is 12.9. The Morgan fingerprint density at radius 1 is 1.21 bits per heavy atom. The number of benzene rings is 1. The predicted molar refractivity (Wildman–Crippen MR) is 114 cm³/mol. The molecular formula is C21H21N5O2S. The van der Waals surface area contributed by atoms with Crippen LogP contribution in [0.25, 0.3) is 4.96 Å². The van der Waals surface area contributed by atoms with Gasteiger partial charge in [0.1, 0.15) is 11.4 Å². The minimum Gasteiger partial charge on any atom is -0.307 e. The molecule has 3 aromatic heterocycles. The SMILES string of the molecule is CCCCn1nccc1NC(=O)c1cnc2sc(Cc3ccccc3)cn2c1=O. The van der Waals surface area contributed by atoms with Gasteiger partial charge in [0.05, 0.1) is 6.20 Å². The van der Waals surface area contributed by atoms with Gasteiger partial charge in [-0.15, -0.1) is 11.3 Å². The molecular weight excluding hydrogens is 386 g/mol. The lowest BCUT2D eigenvalue weighted by molar-refractivity contribution is 0.102. The number of hydrogen-bond acceptors (Lipinski definition) is 5. The van der Waals surface area contributed by atoms with Crippen molar-refractivity contribution >= 4 is 28.0 Å². The van der Waals surface area contributed by atoms with E-state index in [9.17, 15) is 9.59 Å². The van der Waals surface area contributed by atoms with Crippen molar-refractivity contribution in [3.05, 3.63) is 81.3 Å². The lowest BCUT2D eigenvalue weighted by Gasteiger charge is -2.08. The van der Waals surface area contributed by atoms with Crippen LogP contribution in [-0.2, 0) is 13.0 Å². The summed E-state index contributed by atoms with van der Waals surface area (Å²) in [7, 11) is 0. The van der Waals surface area contributed by atoms with Crippen molar-refractivity contribution in [1.82, 2.24) is 19.2 Å². The summed E-state index contributed by atoms with van der Waals surface area (Å²) in [6.45, 7) is 2.80. The van der Waals surface area contributed by atoms with Crippen molar-refractivity contribution in [2.75, 3.05) is 5.32 Å². The van der Waals surface area contributed by atoms with Crippen molar-refractivity contribution in [2.45, 2.75) is 32.7 Å². The van der Waals surface area contributed by atoms with Crippen LogP contribution in [0.1, 0.15) is 40.6 Å². The van der Waals surface area contributed by atoms with Gasteiger partial charge in [-0.2, -0.15) is 5.10 Å². The van der Waals surface area contributed by atoms with Gasteiger partial charge < -0.3 is 5.32 Å². The van der Waals surface area contributed by atoms with Gasteiger partial charge in [0.2, 0.25) is 0 Å². The van der Waals surface area contributed by atoms with Gasteiger partial charge in [0.25, 0.3) is 11.5 Å². The third-order valence-electron chi connectivity index (χ3n) is 4.60.